The summed E-state index contributed by atoms with van der Waals surface area (Å²) < 4.78 is 39.8. The molecule has 4 nitrogen and oxygen atoms in total. The Bertz CT molecular complexity index is 474. The van der Waals surface area contributed by atoms with Crippen molar-refractivity contribution in [1.29, 1.82) is 0 Å². The van der Waals surface area contributed by atoms with Crippen LogP contribution in [0.4, 0.5) is 13.2 Å². The van der Waals surface area contributed by atoms with E-state index in [1.165, 1.54) is 24.3 Å². The van der Waals surface area contributed by atoms with Crippen LogP contribution in [-0.4, -0.2) is 31.4 Å². The van der Waals surface area contributed by atoms with Crippen LogP contribution in [0.25, 0.3) is 0 Å². The fourth-order valence-electron chi connectivity index (χ4n) is 2.25. The molecular formula is C14H18ClF3N2O2. The molecule has 1 saturated heterocycles. The molecule has 0 bridgehead atoms. The Kier molecular flexibility index (Phi) is 6.96. The molecule has 22 heavy (non-hydrogen) atoms. The first kappa shape index (κ1) is 18.6. The molecule has 2 rings (SSSR count). The number of amides is 1. The van der Waals surface area contributed by atoms with E-state index < -0.39 is 6.36 Å². The minimum atomic E-state index is -4.70. The van der Waals surface area contributed by atoms with Crippen LogP contribution in [0, 0.1) is 0 Å². The van der Waals surface area contributed by atoms with Crippen LogP contribution in [0.5, 0.6) is 5.75 Å². The van der Waals surface area contributed by atoms with E-state index in [2.05, 4.69) is 15.4 Å². The zero-order valence-corrected chi connectivity index (χ0v) is 12.6. The van der Waals surface area contributed by atoms with Gasteiger partial charge in [0.05, 0.1) is 6.42 Å². The van der Waals surface area contributed by atoms with Gasteiger partial charge in [-0.25, -0.2) is 0 Å². The van der Waals surface area contributed by atoms with Crippen molar-refractivity contribution < 1.29 is 22.7 Å². The lowest BCUT2D eigenvalue weighted by atomic mass is 10.1. The van der Waals surface area contributed by atoms with Crippen molar-refractivity contribution in [3.8, 4) is 5.75 Å². The lowest BCUT2D eigenvalue weighted by molar-refractivity contribution is -0.274. The third-order valence-electron chi connectivity index (χ3n) is 3.18. The Hall–Kier alpha value is -1.47. The van der Waals surface area contributed by atoms with Crippen LogP contribution < -0.4 is 15.4 Å². The molecule has 2 N–H and O–H groups in total. The smallest absolute Gasteiger partial charge is 0.406 e. The normalized spacial score (nSPS) is 18.2. The number of halogens is 4. The van der Waals surface area contributed by atoms with Crippen molar-refractivity contribution in [1.82, 2.24) is 10.6 Å². The number of rotatable bonds is 4. The lowest BCUT2D eigenvalue weighted by Gasteiger charge is -2.23. The molecule has 0 spiro atoms. The van der Waals surface area contributed by atoms with Crippen LogP contribution in [0.2, 0.25) is 0 Å². The Morgan fingerprint density at radius 2 is 2.00 bits per heavy atom. The van der Waals surface area contributed by atoms with Crippen LogP contribution in [0.3, 0.4) is 0 Å². The Morgan fingerprint density at radius 3 is 2.55 bits per heavy atom. The van der Waals surface area contributed by atoms with Crippen molar-refractivity contribution in [3.05, 3.63) is 29.8 Å². The van der Waals surface area contributed by atoms with Gasteiger partial charge in [0, 0.05) is 12.6 Å². The first-order valence-corrected chi connectivity index (χ1v) is 6.77. The van der Waals surface area contributed by atoms with Crippen molar-refractivity contribution in [2.24, 2.45) is 0 Å². The third-order valence-corrected chi connectivity index (χ3v) is 3.18. The van der Waals surface area contributed by atoms with Gasteiger partial charge < -0.3 is 15.4 Å². The summed E-state index contributed by atoms with van der Waals surface area (Å²) >= 11 is 0. The van der Waals surface area contributed by atoms with E-state index in [0.29, 0.717) is 5.56 Å². The third kappa shape index (κ3) is 6.53. The Balaban J connectivity index is 0.00000242. The van der Waals surface area contributed by atoms with Gasteiger partial charge in [-0.2, -0.15) is 0 Å². The van der Waals surface area contributed by atoms with Gasteiger partial charge in [-0.3, -0.25) is 4.79 Å². The predicted molar refractivity (Wildman–Crippen MR) is 78.1 cm³/mol. The number of carbonyl (C=O) groups excluding carboxylic acids is 1. The average molecular weight is 339 g/mol. The lowest BCUT2D eigenvalue weighted by Crippen LogP contribution is -2.46. The van der Waals surface area contributed by atoms with E-state index in [4.69, 9.17) is 0 Å². The number of hydrogen-bond donors (Lipinski definition) is 2. The van der Waals surface area contributed by atoms with Crippen molar-refractivity contribution in [2.75, 3.05) is 13.1 Å². The number of alkyl halides is 3. The minimum absolute atomic E-state index is 0. The van der Waals surface area contributed by atoms with E-state index in [9.17, 15) is 18.0 Å². The number of ether oxygens (including phenoxy) is 1. The zero-order chi connectivity index (χ0) is 15.3. The summed E-state index contributed by atoms with van der Waals surface area (Å²) in [6.45, 7) is 1.72. The number of carbonyl (C=O) groups is 1. The second-order valence-electron chi connectivity index (χ2n) is 4.98. The first-order valence-electron chi connectivity index (χ1n) is 6.77. The van der Waals surface area contributed by atoms with Crippen LogP contribution >= 0.6 is 12.4 Å². The summed E-state index contributed by atoms with van der Waals surface area (Å²) in [5, 5.41) is 6.10. The molecule has 1 aliphatic heterocycles. The maximum atomic E-state index is 12.0. The number of benzene rings is 1. The minimum Gasteiger partial charge on any atom is -0.406 e. The van der Waals surface area contributed by atoms with Crippen LogP contribution in [0.1, 0.15) is 18.4 Å². The van der Waals surface area contributed by atoms with Gasteiger partial charge in [0.1, 0.15) is 5.75 Å². The molecule has 1 aromatic rings. The van der Waals surface area contributed by atoms with Gasteiger partial charge in [0.25, 0.3) is 0 Å². The van der Waals surface area contributed by atoms with E-state index in [1.54, 1.807) is 0 Å². The van der Waals surface area contributed by atoms with E-state index >= 15 is 0 Å². The Labute approximate surface area is 132 Å². The highest BCUT2D eigenvalue weighted by Gasteiger charge is 2.30. The molecular weight excluding hydrogens is 321 g/mol. The molecule has 1 aliphatic rings. The number of hydrogen-bond acceptors (Lipinski definition) is 3. The van der Waals surface area contributed by atoms with Crippen molar-refractivity contribution in [3.63, 3.8) is 0 Å². The SMILES string of the molecule is Cl.O=C(Cc1ccc(OC(F)(F)F)cc1)NC1CCCNC1. The maximum absolute atomic E-state index is 12.0. The van der Waals surface area contributed by atoms with Gasteiger partial charge >= 0.3 is 6.36 Å². The van der Waals surface area contributed by atoms with Crippen LogP contribution in [0.15, 0.2) is 24.3 Å². The highest BCUT2D eigenvalue weighted by atomic mass is 35.5. The summed E-state index contributed by atoms with van der Waals surface area (Å²) in [4.78, 5) is 11.8. The maximum Gasteiger partial charge on any atom is 0.573 e. The summed E-state index contributed by atoms with van der Waals surface area (Å²) in [5.74, 6) is -0.420. The summed E-state index contributed by atoms with van der Waals surface area (Å²) in [6.07, 6.45) is -2.60. The topological polar surface area (TPSA) is 50.4 Å². The molecule has 0 aliphatic carbocycles. The summed E-state index contributed by atoms with van der Waals surface area (Å²) in [6, 6.07) is 5.45. The van der Waals surface area contributed by atoms with Gasteiger partial charge in [0.15, 0.2) is 0 Å². The fraction of sp³-hybridized carbons (Fsp3) is 0.500. The number of nitrogens with one attached hydrogen (secondary N) is 2. The van der Waals surface area contributed by atoms with Gasteiger partial charge in [-0.1, -0.05) is 12.1 Å². The molecule has 124 valence electrons. The highest BCUT2D eigenvalue weighted by molar-refractivity contribution is 5.85. The molecule has 0 saturated carbocycles. The Morgan fingerprint density at radius 1 is 1.32 bits per heavy atom. The molecule has 0 radical (unpaired) electrons. The molecule has 1 amide bonds. The quantitative estimate of drug-likeness (QED) is 0.886. The van der Waals surface area contributed by atoms with Gasteiger partial charge in [-0.05, 0) is 37.1 Å². The monoisotopic (exact) mass is 338 g/mol. The van der Waals surface area contributed by atoms with Crippen LogP contribution in [-0.2, 0) is 11.2 Å². The molecule has 1 unspecified atom stereocenters. The molecule has 1 aromatic carbocycles. The summed E-state index contributed by atoms with van der Waals surface area (Å²) in [5.41, 5.74) is 0.644. The molecule has 1 fully saturated rings. The standard InChI is InChI=1S/C14H17F3N2O2.ClH/c15-14(16,17)21-12-5-3-10(4-6-12)8-13(20)19-11-2-1-7-18-9-11;/h3-6,11,18H,1-2,7-9H2,(H,19,20);1H. The van der Waals surface area contributed by atoms with Gasteiger partial charge in [-0.15, -0.1) is 25.6 Å². The van der Waals surface area contributed by atoms with E-state index in [0.717, 1.165) is 25.9 Å². The zero-order valence-electron chi connectivity index (χ0n) is 11.8. The predicted octanol–water partition coefficient (Wildman–Crippen LogP) is 2.42. The first-order chi connectivity index (χ1) is 9.92. The van der Waals surface area contributed by atoms with E-state index in [-0.39, 0.29) is 36.5 Å². The molecule has 0 aromatic heterocycles. The molecule has 1 atom stereocenters. The van der Waals surface area contributed by atoms with E-state index in [1.807, 2.05) is 0 Å². The highest BCUT2D eigenvalue weighted by Crippen LogP contribution is 2.22. The van der Waals surface area contributed by atoms with Gasteiger partial charge in [0.2, 0.25) is 5.91 Å². The largest absolute Gasteiger partial charge is 0.573 e. The second kappa shape index (κ2) is 8.24. The fourth-order valence-corrected chi connectivity index (χ4v) is 2.25. The average Bonchev–Trinajstić information content (AvgIpc) is 2.40. The summed E-state index contributed by atoms with van der Waals surface area (Å²) in [7, 11) is 0. The van der Waals surface area contributed by atoms with Crippen molar-refractivity contribution in [2.45, 2.75) is 31.7 Å². The second-order valence-corrected chi connectivity index (χ2v) is 4.98. The van der Waals surface area contributed by atoms with Crippen molar-refractivity contribution >= 4 is 18.3 Å². The number of piperidine rings is 1. The molecule has 1 heterocycles. The molecule has 8 heteroatoms.